The highest BCUT2D eigenvalue weighted by Crippen LogP contribution is 2.20. The topological polar surface area (TPSA) is 76.0 Å². The van der Waals surface area contributed by atoms with Crippen LogP contribution in [0.25, 0.3) is 0 Å². The van der Waals surface area contributed by atoms with Crippen LogP contribution in [0.2, 0.25) is 0 Å². The van der Waals surface area contributed by atoms with Crippen molar-refractivity contribution in [3.63, 3.8) is 0 Å². The Labute approximate surface area is 112 Å². The first-order chi connectivity index (χ1) is 8.90. The third-order valence-electron chi connectivity index (χ3n) is 2.42. The molecule has 19 heavy (non-hydrogen) atoms. The van der Waals surface area contributed by atoms with Crippen molar-refractivity contribution in [3.05, 3.63) is 29.3 Å². The Balaban J connectivity index is 2.61. The molecule has 0 radical (unpaired) electrons. The van der Waals surface area contributed by atoms with E-state index in [4.69, 9.17) is 14.6 Å². The molecule has 1 unspecified atom stereocenters. The van der Waals surface area contributed by atoms with Gasteiger partial charge < -0.3 is 19.7 Å². The number of aliphatic hydroxyl groups excluding tert-OH is 1. The number of carbonyl (C=O) groups is 1. The Morgan fingerprint density at radius 2 is 2.00 bits per heavy atom. The molecule has 0 fully saturated rings. The molecule has 0 saturated carbocycles. The normalized spacial score (nSPS) is 12.5. The Morgan fingerprint density at radius 3 is 2.58 bits per heavy atom. The average Bonchev–Trinajstić information content (AvgIpc) is 2.33. The first-order valence-corrected chi connectivity index (χ1v) is 6.16. The summed E-state index contributed by atoms with van der Waals surface area (Å²) in [6.07, 6.45) is -0.757. The molecule has 1 rings (SSSR count). The minimum absolute atomic E-state index is 0.00352. The second kappa shape index (κ2) is 7.11. The second-order valence-electron chi connectivity index (χ2n) is 4.65. The quantitative estimate of drug-likeness (QED) is 0.789. The number of hydrogen-bond acceptors (Lipinski definition) is 4. The van der Waals surface area contributed by atoms with Crippen LogP contribution in [-0.4, -0.2) is 41.6 Å². The molecule has 0 aromatic heterocycles. The van der Waals surface area contributed by atoms with E-state index in [1.54, 1.807) is 12.1 Å². The summed E-state index contributed by atoms with van der Waals surface area (Å²) in [5, 5.41) is 18.7. The molecule has 1 aromatic rings. The molecule has 0 spiro atoms. The van der Waals surface area contributed by atoms with Crippen LogP contribution < -0.4 is 4.74 Å². The van der Waals surface area contributed by atoms with Gasteiger partial charge in [0.25, 0.3) is 0 Å². The van der Waals surface area contributed by atoms with Gasteiger partial charge in [-0.2, -0.15) is 0 Å². The predicted molar refractivity (Wildman–Crippen MR) is 70.7 cm³/mol. The smallest absolute Gasteiger partial charge is 0.339 e. The average molecular weight is 268 g/mol. The second-order valence-corrected chi connectivity index (χ2v) is 4.65. The molecule has 0 saturated heterocycles. The Bertz CT molecular complexity index is 428. The number of rotatable bonds is 7. The summed E-state index contributed by atoms with van der Waals surface area (Å²) >= 11 is 0. The molecule has 1 aromatic carbocycles. The molecule has 5 nitrogen and oxygen atoms in total. The van der Waals surface area contributed by atoms with E-state index < -0.39 is 12.1 Å². The van der Waals surface area contributed by atoms with Crippen molar-refractivity contribution in [1.29, 1.82) is 0 Å². The molecular formula is C14H20O5. The van der Waals surface area contributed by atoms with Gasteiger partial charge >= 0.3 is 5.97 Å². The number of aromatic carboxylic acids is 1. The molecule has 0 aliphatic rings. The molecule has 0 heterocycles. The Hall–Kier alpha value is -1.59. The molecule has 0 amide bonds. The summed E-state index contributed by atoms with van der Waals surface area (Å²) in [6, 6.07) is 4.83. The Morgan fingerprint density at radius 1 is 1.32 bits per heavy atom. The molecule has 0 aliphatic heterocycles. The summed E-state index contributed by atoms with van der Waals surface area (Å²) in [5.74, 6) is -0.793. The maximum atomic E-state index is 11.0. The highest BCUT2D eigenvalue weighted by Gasteiger charge is 2.13. The third-order valence-corrected chi connectivity index (χ3v) is 2.42. The van der Waals surface area contributed by atoms with Crippen LogP contribution in [0.3, 0.4) is 0 Å². The van der Waals surface area contributed by atoms with Crippen LogP contribution in [0.5, 0.6) is 5.75 Å². The molecule has 5 heteroatoms. The lowest BCUT2D eigenvalue weighted by molar-refractivity contribution is -0.0124. The van der Waals surface area contributed by atoms with Crippen LogP contribution >= 0.6 is 0 Å². The fraction of sp³-hybridized carbons (Fsp3) is 0.500. The largest absolute Gasteiger partial charge is 0.490 e. The van der Waals surface area contributed by atoms with Crippen LogP contribution in [0.1, 0.15) is 29.8 Å². The highest BCUT2D eigenvalue weighted by molar-refractivity contribution is 5.90. The van der Waals surface area contributed by atoms with Crippen molar-refractivity contribution in [2.45, 2.75) is 33.0 Å². The number of aryl methyl sites for hydroxylation is 1. The molecular weight excluding hydrogens is 248 g/mol. The van der Waals surface area contributed by atoms with Crippen molar-refractivity contribution >= 4 is 5.97 Å². The summed E-state index contributed by atoms with van der Waals surface area (Å²) in [6.45, 7) is 5.74. The number of aliphatic hydroxyl groups is 1. The zero-order valence-corrected chi connectivity index (χ0v) is 11.4. The summed E-state index contributed by atoms with van der Waals surface area (Å²) in [4.78, 5) is 11.0. The number of carboxylic acid groups (broad SMARTS) is 1. The van der Waals surface area contributed by atoms with Gasteiger partial charge in [-0.05, 0) is 38.5 Å². The van der Waals surface area contributed by atoms with Gasteiger partial charge in [-0.25, -0.2) is 4.79 Å². The van der Waals surface area contributed by atoms with E-state index in [1.807, 2.05) is 20.8 Å². The van der Waals surface area contributed by atoms with Crippen LogP contribution in [0, 0.1) is 6.92 Å². The first-order valence-electron chi connectivity index (χ1n) is 6.16. The van der Waals surface area contributed by atoms with Gasteiger partial charge in [-0.1, -0.05) is 6.07 Å². The minimum Gasteiger partial charge on any atom is -0.490 e. The van der Waals surface area contributed by atoms with E-state index in [9.17, 15) is 9.90 Å². The van der Waals surface area contributed by atoms with E-state index in [2.05, 4.69) is 0 Å². The van der Waals surface area contributed by atoms with Crippen molar-refractivity contribution in [1.82, 2.24) is 0 Å². The molecule has 1 atom stereocenters. The monoisotopic (exact) mass is 268 g/mol. The molecule has 0 bridgehead atoms. The predicted octanol–water partition coefficient (Wildman–Crippen LogP) is 1.86. The number of carboxylic acids is 1. The van der Waals surface area contributed by atoms with E-state index in [0.29, 0.717) is 0 Å². The van der Waals surface area contributed by atoms with Crippen molar-refractivity contribution in [2.24, 2.45) is 0 Å². The summed E-state index contributed by atoms with van der Waals surface area (Å²) < 4.78 is 10.6. The van der Waals surface area contributed by atoms with E-state index in [0.717, 1.165) is 5.56 Å². The molecule has 2 N–H and O–H groups in total. The van der Waals surface area contributed by atoms with Gasteiger partial charge in [0.1, 0.15) is 24.0 Å². The molecule has 106 valence electrons. The fourth-order valence-corrected chi connectivity index (χ4v) is 1.46. The van der Waals surface area contributed by atoms with Crippen LogP contribution in [0.4, 0.5) is 0 Å². The van der Waals surface area contributed by atoms with E-state index in [-0.39, 0.29) is 30.6 Å². The standard InChI is InChI=1S/C14H20O5/c1-9(2)18-7-11(15)8-19-13-6-10(3)4-5-12(13)14(16)17/h4-6,9,11,15H,7-8H2,1-3H3,(H,16,17). The van der Waals surface area contributed by atoms with Crippen LogP contribution in [0.15, 0.2) is 18.2 Å². The van der Waals surface area contributed by atoms with Crippen molar-refractivity contribution in [2.75, 3.05) is 13.2 Å². The SMILES string of the molecule is Cc1ccc(C(=O)O)c(OCC(O)COC(C)C)c1. The lowest BCUT2D eigenvalue weighted by Gasteiger charge is -2.15. The summed E-state index contributed by atoms with van der Waals surface area (Å²) in [5.41, 5.74) is 0.982. The minimum atomic E-state index is -1.05. The van der Waals surface area contributed by atoms with Gasteiger partial charge in [-0.15, -0.1) is 0 Å². The zero-order valence-electron chi connectivity index (χ0n) is 11.4. The number of hydrogen-bond donors (Lipinski definition) is 2. The first kappa shape index (κ1) is 15.5. The van der Waals surface area contributed by atoms with E-state index in [1.165, 1.54) is 6.07 Å². The maximum Gasteiger partial charge on any atom is 0.339 e. The van der Waals surface area contributed by atoms with Gasteiger partial charge in [0.15, 0.2) is 0 Å². The third kappa shape index (κ3) is 5.28. The zero-order chi connectivity index (χ0) is 14.4. The van der Waals surface area contributed by atoms with Gasteiger partial charge in [0, 0.05) is 0 Å². The van der Waals surface area contributed by atoms with Crippen molar-refractivity contribution in [3.8, 4) is 5.75 Å². The summed E-state index contributed by atoms with van der Waals surface area (Å²) in [7, 11) is 0. The Kier molecular flexibility index (Phi) is 5.79. The lowest BCUT2D eigenvalue weighted by Crippen LogP contribution is -2.25. The maximum absolute atomic E-state index is 11.0. The van der Waals surface area contributed by atoms with E-state index >= 15 is 0 Å². The van der Waals surface area contributed by atoms with Crippen LogP contribution in [-0.2, 0) is 4.74 Å². The van der Waals surface area contributed by atoms with Gasteiger partial charge in [-0.3, -0.25) is 0 Å². The fourth-order valence-electron chi connectivity index (χ4n) is 1.46. The van der Waals surface area contributed by atoms with Gasteiger partial charge in [0.05, 0.1) is 12.7 Å². The number of ether oxygens (including phenoxy) is 2. The molecule has 0 aliphatic carbocycles. The number of benzene rings is 1. The van der Waals surface area contributed by atoms with Crippen molar-refractivity contribution < 1.29 is 24.5 Å². The highest BCUT2D eigenvalue weighted by atomic mass is 16.5. The lowest BCUT2D eigenvalue weighted by atomic mass is 10.1. The van der Waals surface area contributed by atoms with Gasteiger partial charge in [0.2, 0.25) is 0 Å².